The van der Waals surface area contributed by atoms with Gasteiger partial charge in [-0.2, -0.15) is 0 Å². The Balaban J connectivity index is 4.45. The number of amides is 2. The lowest BCUT2D eigenvalue weighted by Gasteiger charge is -2.38. The fourth-order valence-corrected chi connectivity index (χ4v) is 1.93. The molecule has 1 unspecified atom stereocenters. The van der Waals surface area contributed by atoms with E-state index in [1.54, 1.807) is 27.7 Å². The Morgan fingerprint density at radius 2 is 1.71 bits per heavy atom. The second-order valence-electron chi connectivity index (χ2n) is 6.81. The highest BCUT2D eigenvalue weighted by Crippen LogP contribution is 2.30. The van der Waals surface area contributed by atoms with Gasteiger partial charge >= 0.3 is 12.0 Å². The van der Waals surface area contributed by atoms with Crippen LogP contribution in [0.1, 0.15) is 67.2 Å². The van der Waals surface area contributed by atoms with E-state index in [4.69, 9.17) is 0 Å². The van der Waals surface area contributed by atoms with Crippen molar-refractivity contribution in [3.63, 3.8) is 0 Å². The summed E-state index contributed by atoms with van der Waals surface area (Å²) in [4.78, 5) is 23.3. The van der Waals surface area contributed by atoms with E-state index in [-0.39, 0.29) is 6.03 Å². The minimum absolute atomic E-state index is 0.302. The van der Waals surface area contributed by atoms with Crippen LogP contribution in [-0.4, -0.2) is 29.2 Å². The lowest BCUT2D eigenvalue weighted by molar-refractivity contribution is -0.150. The molecular formula is C16H32N2O3. The van der Waals surface area contributed by atoms with E-state index in [1.807, 2.05) is 0 Å². The fourth-order valence-electron chi connectivity index (χ4n) is 1.93. The SMILES string of the molecule is CCCCC(CC)CNC(=O)NC(C)(C)C(C)(C)C(=O)O. The van der Waals surface area contributed by atoms with Crippen molar-refractivity contribution < 1.29 is 14.7 Å². The summed E-state index contributed by atoms with van der Waals surface area (Å²) in [6.45, 7) is 11.6. The predicted octanol–water partition coefficient (Wildman–Crippen LogP) is 3.39. The van der Waals surface area contributed by atoms with Crippen LogP contribution >= 0.6 is 0 Å². The molecule has 0 aromatic rings. The van der Waals surface area contributed by atoms with Crippen molar-refractivity contribution in [3.8, 4) is 0 Å². The second kappa shape index (κ2) is 8.25. The molecule has 3 N–H and O–H groups in total. The molecule has 124 valence electrons. The Bertz CT molecular complexity index is 351. The zero-order chi connectivity index (χ0) is 16.7. The number of urea groups is 1. The Morgan fingerprint density at radius 3 is 2.14 bits per heavy atom. The van der Waals surface area contributed by atoms with E-state index < -0.39 is 16.9 Å². The monoisotopic (exact) mass is 300 g/mol. The minimum atomic E-state index is -1.04. The van der Waals surface area contributed by atoms with Crippen molar-refractivity contribution in [1.82, 2.24) is 10.6 Å². The summed E-state index contributed by atoms with van der Waals surface area (Å²) in [7, 11) is 0. The van der Waals surface area contributed by atoms with Gasteiger partial charge in [0.25, 0.3) is 0 Å². The summed E-state index contributed by atoms with van der Waals surface area (Å²) in [6.07, 6.45) is 4.46. The molecule has 0 saturated heterocycles. The molecular weight excluding hydrogens is 268 g/mol. The van der Waals surface area contributed by atoms with Gasteiger partial charge in [-0.25, -0.2) is 4.79 Å². The molecule has 0 aliphatic carbocycles. The van der Waals surface area contributed by atoms with E-state index in [0.717, 1.165) is 19.3 Å². The number of carbonyl (C=O) groups excluding carboxylic acids is 1. The molecule has 0 rings (SSSR count). The molecule has 0 radical (unpaired) electrons. The van der Waals surface area contributed by atoms with E-state index in [2.05, 4.69) is 24.5 Å². The van der Waals surface area contributed by atoms with Crippen molar-refractivity contribution in [2.75, 3.05) is 6.54 Å². The number of carboxylic acids is 1. The number of aliphatic carboxylic acids is 1. The van der Waals surface area contributed by atoms with Crippen LogP contribution in [-0.2, 0) is 4.79 Å². The molecule has 0 aromatic carbocycles. The van der Waals surface area contributed by atoms with Crippen LogP contribution in [0.15, 0.2) is 0 Å². The van der Waals surface area contributed by atoms with Gasteiger partial charge in [-0.1, -0.05) is 33.1 Å². The van der Waals surface area contributed by atoms with Crippen molar-refractivity contribution in [1.29, 1.82) is 0 Å². The van der Waals surface area contributed by atoms with Crippen LogP contribution in [0.25, 0.3) is 0 Å². The van der Waals surface area contributed by atoms with Crippen molar-refractivity contribution in [3.05, 3.63) is 0 Å². The second-order valence-corrected chi connectivity index (χ2v) is 6.81. The summed E-state index contributed by atoms with van der Waals surface area (Å²) >= 11 is 0. The van der Waals surface area contributed by atoms with Gasteiger partial charge in [0.1, 0.15) is 0 Å². The van der Waals surface area contributed by atoms with Gasteiger partial charge < -0.3 is 15.7 Å². The van der Waals surface area contributed by atoms with Crippen molar-refractivity contribution in [2.45, 2.75) is 72.8 Å². The van der Waals surface area contributed by atoms with Crippen molar-refractivity contribution in [2.24, 2.45) is 11.3 Å². The highest BCUT2D eigenvalue weighted by molar-refractivity contribution is 5.79. The summed E-state index contributed by atoms with van der Waals surface area (Å²) in [5, 5.41) is 14.9. The Morgan fingerprint density at radius 1 is 1.14 bits per heavy atom. The van der Waals surface area contributed by atoms with Crippen molar-refractivity contribution >= 4 is 12.0 Å². The first kappa shape index (κ1) is 19.7. The molecule has 5 nitrogen and oxygen atoms in total. The van der Waals surface area contributed by atoms with Gasteiger partial charge in [-0.3, -0.25) is 4.79 Å². The lowest BCUT2D eigenvalue weighted by Crippen LogP contribution is -2.59. The summed E-state index contributed by atoms with van der Waals surface area (Å²) in [5.41, 5.74) is -1.88. The molecule has 0 spiro atoms. The minimum Gasteiger partial charge on any atom is -0.481 e. The quantitative estimate of drug-likeness (QED) is 0.610. The molecule has 0 saturated carbocycles. The normalized spacial score (nSPS) is 13.6. The molecule has 0 bridgehead atoms. The summed E-state index contributed by atoms with van der Waals surface area (Å²) in [5.74, 6) is -0.450. The Labute approximate surface area is 128 Å². The zero-order valence-electron chi connectivity index (χ0n) is 14.4. The fraction of sp³-hybridized carbons (Fsp3) is 0.875. The highest BCUT2D eigenvalue weighted by atomic mass is 16.4. The van der Waals surface area contributed by atoms with Gasteiger partial charge in [0.2, 0.25) is 0 Å². The maximum Gasteiger partial charge on any atom is 0.315 e. The number of nitrogens with one attached hydrogen (secondary N) is 2. The van der Waals surface area contributed by atoms with Gasteiger partial charge in [0.15, 0.2) is 0 Å². The third kappa shape index (κ3) is 5.94. The number of carbonyl (C=O) groups is 2. The standard InChI is InChI=1S/C16H32N2O3/c1-7-9-10-12(8-2)11-17-14(21)18-16(5,6)15(3,4)13(19)20/h12H,7-11H2,1-6H3,(H,19,20)(H2,17,18,21). The van der Waals surface area contributed by atoms with Gasteiger partial charge in [-0.05, 0) is 40.0 Å². The number of rotatable bonds is 9. The maximum absolute atomic E-state index is 12.0. The van der Waals surface area contributed by atoms with E-state index in [1.165, 1.54) is 6.42 Å². The third-order valence-corrected chi connectivity index (χ3v) is 4.62. The van der Waals surface area contributed by atoms with E-state index in [9.17, 15) is 14.7 Å². The number of unbranched alkanes of at least 4 members (excludes halogenated alkanes) is 1. The zero-order valence-corrected chi connectivity index (χ0v) is 14.4. The van der Waals surface area contributed by atoms with Gasteiger partial charge in [0, 0.05) is 6.54 Å². The first-order valence-corrected chi connectivity index (χ1v) is 7.87. The van der Waals surface area contributed by atoms with Gasteiger partial charge in [-0.15, -0.1) is 0 Å². The lowest BCUT2D eigenvalue weighted by atomic mass is 9.74. The number of hydrogen-bond donors (Lipinski definition) is 3. The van der Waals surface area contributed by atoms with Crippen LogP contribution in [0.2, 0.25) is 0 Å². The molecule has 0 fully saturated rings. The smallest absolute Gasteiger partial charge is 0.315 e. The summed E-state index contributed by atoms with van der Waals surface area (Å²) in [6, 6.07) is -0.302. The molecule has 5 heteroatoms. The van der Waals surface area contributed by atoms with E-state index in [0.29, 0.717) is 12.5 Å². The summed E-state index contributed by atoms with van der Waals surface area (Å²) < 4.78 is 0. The highest BCUT2D eigenvalue weighted by Gasteiger charge is 2.44. The number of hydrogen-bond acceptors (Lipinski definition) is 2. The molecule has 0 aliphatic rings. The first-order valence-electron chi connectivity index (χ1n) is 7.87. The maximum atomic E-state index is 12.0. The molecule has 0 aromatic heterocycles. The average molecular weight is 300 g/mol. The molecule has 1 atom stereocenters. The van der Waals surface area contributed by atoms with Crippen LogP contribution < -0.4 is 10.6 Å². The molecule has 21 heavy (non-hydrogen) atoms. The molecule has 0 heterocycles. The van der Waals surface area contributed by atoms with Crippen LogP contribution in [0.4, 0.5) is 4.79 Å². The predicted molar refractivity (Wildman–Crippen MR) is 85.3 cm³/mol. The third-order valence-electron chi connectivity index (χ3n) is 4.62. The Kier molecular flexibility index (Phi) is 7.75. The topological polar surface area (TPSA) is 78.4 Å². The van der Waals surface area contributed by atoms with E-state index >= 15 is 0 Å². The van der Waals surface area contributed by atoms with Gasteiger partial charge in [0.05, 0.1) is 11.0 Å². The average Bonchev–Trinajstić information content (AvgIpc) is 2.38. The molecule has 2 amide bonds. The van der Waals surface area contributed by atoms with Crippen LogP contribution in [0, 0.1) is 11.3 Å². The molecule has 0 aliphatic heterocycles. The number of carboxylic acid groups (broad SMARTS) is 1. The van der Waals surface area contributed by atoms with Crippen LogP contribution in [0.3, 0.4) is 0 Å². The first-order chi connectivity index (χ1) is 9.58. The Hall–Kier alpha value is -1.26. The van der Waals surface area contributed by atoms with Crippen LogP contribution in [0.5, 0.6) is 0 Å². The largest absolute Gasteiger partial charge is 0.481 e.